The van der Waals surface area contributed by atoms with Gasteiger partial charge >= 0.3 is 0 Å². The van der Waals surface area contributed by atoms with E-state index in [2.05, 4.69) is 0 Å². The first-order chi connectivity index (χ1) is 8.70. The first-order valence-corrected chi connectivity index (χ1v) is 5.86. The molecule has 94 valence electrons. The molecule has 0 radical (unpaired) electrons. The van der Waals surface area contributed by atoms with Crippen LogP contribution in [0.1, 0.15) is 16.7 Å². The van der Waals surface area contributed by atoms with Crippen LogP contribution in [0.3, 0.4) is 0 Å². The van der Waals surface area contributed by atoms with Gasteiger partial charge in [0.15, 0.2) is 11.6 Å². The van der Waals surface area contributed by atoms with Crippen molar-refractivity contribution in [3.63, 3.8) is 0 Å². The minimum absolute atomic E-state index is 0.251. The molecule has 2 aromatic rings. The summed E-state index contributed by atoms with van der Waals surface area (Å²) >= 11 is 0. The van der Waals surface area contributed by atoms with Crippen LogP contribution in [0.15, 0.2) is 42.5 Å². The van der Waals surface area contributed by atoms with Crippen molar-refractivity contribution in [3.05, 3.63) is 65.0 Å². The zero-order chi connectivity index (χ0) is 13.0. The van der Waals surface area contributed by atoms with E-state index in [-0.39, 0.29) is 18.1 Å². The molecule has 0 aromatic heterocycles. The van der Waals surface area contributed by atoms with E-state index >= 15 is 0 Å². The van der Waals surface area contributed by atoms with Gasteiger partial charge in [0.25, 0.3) is 0 Å². The van der Waals surface area contributed by atoms with Crippen LogP contribution < -0.4 is 10.5 Å². The summed E-state index contributed by atoms with van der Waals surface area (Å²) in [5.74, 6) is -0.118. The number of hydrogen-bond donors (Lipinski definition) is 1. The number of nitrogens with two attached hydrogens (primary N) is 1. The van der Waals surface area contributed by atoms with Crippen molar-refractivity contribution in [2.45, 2.75) is 20.1 Å². The summed E-state index contributed by atoms with van der Waals surface area (Å²) in [6.07, 6.45) is 0. The monoisotopic (exact) mass is 245 g/mol. The number of hydrogen-bond acceptors (Lipinski definition) is 2. The second kappa shape index (κ2) is 5.65. The van der Waals surface area contributed by atoms with E-state index in [1.165, 1.54) is 6.07 Å². The first kappa shape index (κ1) is 12.6. The standard InChI is InChI=1S/C15H16FNO/c1-11-4-2-5-12(8-11)10-18-15-13(9-17)6-3-7-14(15)16/h2-8H,9-10,17H2,1H3. The second-order valence-corrected chi connectivity index (χ2v) is 4.21. The quantitative estimate of drug-likeness (QED) is 0.898. The molecule has 0 unspecified atom stereocenters. The van der Waals surface area contributed by atoms with Crippen LogP contribution >= 0.6 is 0 Å². The van der Waals surface area contributed by atoms with Crippen LogP contribution in [0.25, 0.3) is 0 Å². The number of benzene rings is 2. The van der Waals surface area contributed by atoms with Crippen LogP contribution in [0.4, 0.5) is 4.39 Å². The van der Waals surface area contributed by atoms with E-state index in [0.29, 0.717) is 12.2 Å². The Hall–Kier alpha value is -1.87. The fourth-order valence-electron chi connectivity index (χ4n) is 1.83. The highest BCUT2D eigenvalue weighted by Crippen LogP contribution is 2.23. The highest BCUT2D eigenvalue weighted by atomic mass is 19.1. The molecule has 0 spiro atoms. The molecule has 0 fully saturated rings. The summed E-state index contributed by atoms with van der Waals surface area (Å²) in [7, 11) is 0. The van der Waals surface area contributed by atoms with Gasteiger partial charge in [-0.1, -0.05) is 42.0 Å². The molecule has 2 rings (SSSR count). The zero-order valence-electron chi connectivity index (χ0n) is 10.3. The molecule has 0 aliphatic heterocycles. The molecule has 0 bridgehead atoms. The Labute approximate surface area is 106 Å². The van der Waals surface area contributed by atoms with Crippen LogP contribution in [0.2, 0.25) is 0 Å². The molecule has 0 saturated carbocycles. The van der Waals surface area contributed by atoms with Gasteiger partial charge in [-0.2, -0.15) is 0 Å². The Morgan fingerprint density at radius 1 is 1.17 bits per heavy atom. The smallest absolute Gasteiger partial charge is 0.165 e. The van der Waals surface area contributed by atoms with Gasteiger partial charge < -0.3 is 10.5 Å². The average molecular weight is 245 g/mol. The predicted octanol–water partition coefficient (Wildman–Crippen LogP) is 3.17. The molecule has 0 heterocycles. The Kier molecular flexibility index (Phi) is 3.95. The Morgan fingerprint density at radius 2 is 1.94 bits per heavy atom. The number of rotatable bonds is 4. The molecule has 2 aromatic carbocycles. The third-order valence-electron chi connectivity index (χ3n) is 2.73. The summed E-state index contributed by atoms with van der Waals surface area (Å²) < 4.78 is 19.2. The topological polar surface area (TPSA) is 35.2 Å². The fraction of sp³-hybridized carbons (Fsp3) is 0.200. The number of halogens is 1. The minimum Gasteiger partial charge on any atom is -0.485 e. The van der Waals surface area contributed by atoms with E-state index in [0.717, 1.165) is 11.1 Å². The lowest BCUT2D eigenvalue weighted by Crippen LogP contribution is -2.04. The lowest BCUT2D eigenvalue weighted by atomic mass is 10.1. The number of aryl methyl sites for hydroxylation is 1. The molecule has 0 amide bonds. The van der Waals surface area contributed by atoms with Crippen molar-refractivity contribution >= 4 is 0 Å². The van der Waals surface area contributed by atoms with Crippen molar-refractivity contribution in [1.82, 2.24) is 0 Å². The average Bonchev–Trinajstić information content (AvgIpc) is 2.37. The van der Waals surface area contributed by atoms with Crippen molar-refractivity contribution in [1.29, 1.82) is 0 Å². The van der Waals surface area contributed by atoms with Gasteiger partial charge in [-0.3, -0.25) is 0 Å². The molecule has 3 heteroatoms. The van der Waals surface area contributed by atoms with E-state index < -0.39 is 0 Å². The fourth-order valence-corrected chi connectivity index (χ4v) is 1.83. The van der Waals surface area contributed by atoms with Crippen molar-refractivity contribution in [2.75, 3.05) is 0 Å². The van der Waals surface area contributed by atoms with Crippen LogP contribution in [0, 0.1) is 12.7 Å². The predicted molar refractivity (Wildman–Crippen MR) is 69.8 cm³/mol. The summed E-state index contributed by atoms with van der Waals surface area (Å²) in [6.45, 7) is 2.62. The molecule has 2 N–H and O–H groups in total. The van der Waals surface area contributed by atoms with Gasteiger partial charge in [-0.25, -0.2) is 4.39 Å². The van der Waals surface area contributed by atoms with Gasteiger partial charge in [0.2, 0.25) is 0 Å². The Bertz CT molecular complexity index is 540. The lowest BCUT2D eigenvalue weighted by Gasteiger charge is -2.11. The summed E-state index contributed by atoms with van der Waals surface area (Å²) in [5.41, 5.74) is 8.42. The van der Waals surface area contributed by atoms with Crippen LogP contribution in [-0.2, 0) is 13.2 Å². The first-order valence-electron chi connectivity index (χ1n) is 5.86. The Morgan fingerprint density at radius 3 is 2.67 bits per heavy atom. The SMILES string of the molecule is Cc1cccc(COc2c(F)cccc2CN)c1. The maximum Gasteiger partial charge on any atom is 0.165 e. The third kappa shape index (κ3) is 2.87. The molecule has 18 heavy (non-hydrogen) atoms. The molecule has 0 atom stereocenters. The third-order valence-corrected chi connectivity index (χ3v) is 2.73. The molecule has 0 saturated heterocycles. The number of para-hydroxylation sites is 1. The van der Waals surface area contributed by atoms with E-state index in [4.69, 9.17) is 10.5 Å². The summed E-state index contributed by atoms with van der Waals surface area (Å²) in [5, 5.41) is 0. The summed E-state index contributed by atoms with van der Waals surface area (Å²) in [4.78, 5) is 0. The number of ether oxygens (including phenoxy) is 1. The van der Waals surface area contributed by atoms with E-state index in [1.54, 1.807) is 12.1 Å². The van der Waals surface area contributed by atoms with Crippen molar-refractivity contribution < 1.29 is 9.13 Å². The maximum atomic E-state index is 13.6. The second-order valence-electron chi connectivity index (χ2n) is 4.21. The maximum absolute atomic E-state index is 13.6. The largest absolute Gasteiger partial charge is 0.485 e. The zero-order valence-corrected chi connectivity index (χ0v) is 10.3. The van der Waals surface area contributed by atoms with E-state index in [9.17, 15) is 4.39 Å². The molecular formula is C15H16FNO. The highest BCUT2D eigenvalue weighted by molar-refractivity contribution is 5.35. The summed E-state index contributed by atoms with van der Waals surface area (Å²) in [6, 6.07) is 12.7. The van der Waals surface area contributed by atoms with Crippen molar-refractivity contribution in [3.8, 4) is 5.75 Å². The normalized spacial score (nSPS) is 10.4. The molecular weight excluding hydrogens is 229 g/mol. The minimum atomic E-state index is -0.370. The Balaban J connectivity index is 2.15. The van der Waals surface area contributed by atoms with Gasteiger partial charge in [0.05, 0.1) is 0 Å². The van der Waals surface area contributed by atoms with Crippen LogP contribution in [0.5, 0.6) is 5.75 Å². The van der Waals surface area contributed by atoms with Gasteiger partial charge in [0, 0.05) is 12.1 Å². The van der Waals surface area contributed by atoms with Gasteiger partial charge in [-0.15, -0.1) is 0 Å². The van der Waals surface area contributed by atoms with Crippen LogP contribution in [-0.4, -0.2) is 0 Å². The van der Waals surface area contributed by atoms with Gasteiger partial charge in [0.1, 0.15) is 6.61 Å². The lowest BCUT2D eigenvalue weighted by molar-refractivity contribution is 0.287. The van der Waals surface area contributed by atoms with Gasteiger partial charge in [-0.05, 0) is 18.6 Å². The molecule has 2 nitrogen and oxygen atoms in total. The van der Waals surface area contributed by atoms with E-state index in [1.807, 2.05) is 31.2 Å². The molecule has 0 aliphatic carbocycles. The van der Waals surface area contributed by atoms with Crippen molar-refractivity contribution in [2.24, 2.45) is 5.73 Å². The molecule has 0 aliphatic rings. The highest BCUT2D eigenvalue weighted by Gasteiger charge is 2.08.